The zero-order chi connectivity index (χ0) is 24.6. The summed E-state index contributed by atoms with van der Waals surface area (Å²) in [5.41, 5.74) is 1.90. The van der Waals surface area contributed by atoms with Crippen molar-refractivity contribution in [1.82, 2.24) is 10.1 Å². The molecule has 35 heavy (non-hydrogen) atoms. The molecule has 8 nitrogen and oxygen atoms in total. The Balaban J connectivity index is 1.58. The van der Waals surface area contributed by atoms with Crippen LogP contribution in [0, 0.1) is 0 Å². The zero-order valence-corrected chi connectivity index (χ0v) is 20.7. The number of rotatable bonds is 11. The first-order chi connectivity index (χ1) is 17.1. The van der Waals surface area contributed by atoms with E-state index in [1.54, 1.807) is 23.5 Å². The average Bonchev–Trinajstić information content (AvgIpc) is 3.55. The van der Waals surface area contributed by atoms with Gasteiger partial charge in [0.15, 0.2) is 11.5 Å². The second-order valence-corrected chi connectivity index (χ2v) is 8.33. The maximum Gasteiger partial charge on any atom is 0.255 e. The van der Waals surface area contributed by atoms with Crippen molar-refractivity contribution >= 4 is 22.9 Å². The fourth-order valence-electron chi connectivity index (χ4n) is 3.51. The third-order valence-electron chi connectivity index (χ3n) is 4.99. The van der Waals surface area contributed by atoms with Crippen molar-refractivity contribution in [3.63, 3.8) is 0 Å². The summed E-state index contributed by atoms with van der Waals surface area (Å²) in [6.07, 6.45) is 0.381. The number of para-hydroxylation sites is 1. The zero-order valence-electron chi connectivity index (χ0n) is 19.9. The lowest BCUT2D eigenvalue weighted by Crippen LogP contribution is -2.14. The minimum absolute atomic E-state index is 0.299. The van der Waals surface area contributed by atoms with Crippen LogP contribution in [0.5, 0.6) is 17.2 Å². The predicted molar refractivity (Wildman–Crippen MR) is 135 cm³/mol. The van der Waals surface area contributed by atoms with Gasteiger partial charge in [0.05, 0.1) is 31.1 Å². The molecule has 0 unspecified atom stereocenters. The molecular weight excluding hydrogens is 466 g/mol. The molecule has 4 aromatic rings. The Kier molecular flexibility index (Phi) is 7.99. The summed E-state index contributed by atoms with van der Waals surface area (Å²) in [6.45, 7) is 6.94. The maximum atomic E-state index is 13.2. The topological polar surface area (TPSA) is 95.7 Å². The van der Waals surface area contributed by atoms with Crippen molar-refractivity contribution in [2.45, 2.75) is 27.2 Å². The number of ether oxygens (including phenoxy) is 3. The number of hydrogen-bond acceptors (Lipinski definition) is 8. The Labute approximate surface area is 207 Å². The van der Waals surface area contributed by atoms with Crippen LogP contribution < -0.4 is 19.5 Å². The van der Waals surface area contributed by atoms with Crippen molar-refractivity contribution in [2.24, 2.45) is 0 Å². The maximum absolute atomic E-state index is 13.2. The minimum atomic E-state index is -0.299. The number of nitrogens with one attached hydrogen (secondary N) is 1. The van der Waals surface area contributed by atoms with E-state index in [0.29, 0.717) is 66.5 Å². The first-order valence-electron chi connectivity index (χ1n) is 11.4. The van der Waals surface area contributed by atoms with Crippen molar-refractivity contribution in [1.29, 1.82) is 0 Å². The molecule has 0 bridgehead atoms. The third kappa shape index (κ3) is 5.81. The van der Waals surface area contributed by atoms with Crippen LogP contribution in [0.2, 0.25) is 0 Å². The highest BCUT2D eigenvalue weighted by atomic mass is 32.1. The van der Waals surface area contributed by atoms with Crippen LogP contribution in [0.15, 0.2) is 58.4 Å². The van der Waals surface area contributed by atoms with Gasteiger partial charge in [-0.2, -0.15) is 4.98 Å². The van der Waals surface area contributed by atoms with E-state index in [1.165, 1.54) is 0 Å². The van der Waals surface area contributed by atoms with Crippen molar-refractivity contribution in [2.75, 3.05) is 25.1 Å². The summed E-state index contributed by atoms with van der Waals surface area (Å²) in [5, 5.41) is 9.02. The van der Waals surface area contributed by atoms with Crippen LogP contribution in [0.3, 0.4) is 0 Å². The second-order valence-electron chi connectivity index (χ2n) is 7.38. The normalized spacial score (nSPS) is 10.7. The van der Waals surface area contributed by atoms with E-state index in [1.807, 2.05) is 62.5 Å². The van der Waals surface area contributed by atoms with Crippen molar-refractivity contribution in [3.05, 3.63) is 70.9 Å². The van der Waals surface area contributed by atoms with Crippen molar-refractivity contribution < 1.29 is 23.5 Å². The molecule has 2 aromatic heterocycles. The highest BCUT2D eigenvalue weighted by Gasteiger charge is 2.19. The molecule has 0 aliphatic heterocycles. The lowest BCUT2D eigenvalue weighted by Gasteiger charge is -2.17. The van der Waals surface area contributed by atoms with Gasteiger partial charge in [-0.25, -0.2) is 0 Å². The number of thiophene rings is 1. The Morgan fingerprint density at radius 3 is 2.34 bits per heavy atom. The smallest absolute Gasteiger partial charge is 0.255 e. The Morgan fingerprint density at radius 1 is 0.971 bits per heavy atom. The van der Waals surface area contributed by atoms with Crippen LogP contribution in [-0.4, -0.2) is 35.9 Å². The van der Waals surface area contributed by atoms with Gasteiger partial charge in [-0.15, -0.1) is 11.3 Å². The molecule has 0 saturated heterocycles. The number of hydrogen-bond donors (Lipinski definition) is 1. The molecule has 2 aromatic carbocycles. The summed E-state index contributed by atoms with van der Waals surface area (Å²) in [5.74, 6) is 2.14. The molecule has 9 heteroatoms. The van der Waals surface area contributed by atoms with E-state index in [2.05, 4.69) is 15.5 Å². The molecule has 1 N–H and O–H groups in total. The highest BCUT2D eigenvalue weighted by molar-refractivity contribution is 7.13. The Morgan fingerprint density at radius 2 is 1.69 bits per heavy atom. The number of aromatic nitrogens is 2. The average molecular weight is 494 g/mol. The quantitative estimate of drug-likeness (QED) is 0.280. The number of benzene rings is 2. The number of nitrogens with zero attached hydrogens (tertiary/aromatic N) is 2. The molecule has 0 saturated carbocycles. The molecule has 0 aliphatic rings. The second kappa shape index (κ2) is 11.5. The Hall–Kier alpha value is -3.85. The largest absolute Gasteiger partial charge is 0.490 e. The highest BCUT2D eigenvalue weighted by Crippen LogP contribution is 2.39. The number of amides is 1. The molecule has 1 amide bonds. The summed E-state index contributed by atoms with van der Waals surface area (Å²) >= 11 is 1.55. The van der Waals surface area contributed by atoms with E-state index in [4.69, 9.17) is 18.7 Å². The van der Waals surface area contributed by atoms with Crippen LogP contribution in [0.1, 0.15) is 42.6 Å². The van der Waals surface area contributed by atoms with Gasteiger partial charge < -0.3 is 24.1 Å². The number of carbonyl (C=O) groups is 1. The van der Waals surface area contributed by atoms with Gasteiger partial charge in [-0.3, -0.25) is 4.79 Å². The lowest BCUT2D eigenvalue weighted by molar-refractivity contribution is 0.102. The van der Waals surface area contributed by atoms with Gasteiger partial charge in [0, 0.05) is 11.3 Å². The molecule has 0 spiro atoms. The van der Waals surface area contributed by atoms with E-state index in [0.717, 1.165) is 10.4 Å². The molecule has 4 rings (SSSR count). The molecule has 2 heterocycles. The van der Waals surface area contributed by atoms with E-state index >= 15 is 0 Å². The van der Waals surface area contributed by atoms with Gasteiger partial charge in [-0.05, 0) is 56.0 Å². The van der Waals surface area contributed by atoms with Gasteiger partial charge in [-0.1, -0.05) is 29.4 Å². The first-order valence-corrected chi connectivity index (χ1v) is 12.3. The van der Waals surface area contributed by atoms with Crippen LogP contribution in [-0.2, 0) is 6.42 Å². The Bertz CT molecular complexity index is 1240. The van der Waals surface area contributed by atoms with Crippen LogP contribution in [0.4, 0.5) is 5.69 Å². The van der Waals surface area contributed by atoms with E-state index in [9.17, 15) is 4.79 Å². The minimum Gasteiger partial charge on any atom is -0.490 e. The molecule has 0 fully saturated rings. The molecular formula is C26H27N3O5S. The van der Waals surface area contributed by atoms with Gasteiger partial charge >= 0.3 is 0 Å². The number of anilines is 1. The lowest BCUT2D eigenvalue weighted by atomic mass is 10.1. The standard InChI is InChI=1S/C26H27N3O5S/c1-4-31-20-14-18(15-21(32-5-2)24(20)33-6-3)26(30)27-19-11-8-7-10-17(19)16-23-28-25(29-34-23)22-12-9-13-35-22/h7-15H,4-6,16H2,1-3H3,(H,27,30). The van der Waals surface area contributed by atoms with Gasteiger partial charge in [0.2, 0.25) is 17.5 Å². The molecule has 182 valence electrons. The summed E-state index contributed by atoms with van der Waals surface area (Å²) in [7, 11) is 0. The number of carbonyl (C=O) groups excluding carboxylic acids is 1. The monoisotopic (exact) mass is 493 g/mol. The summed E-state index contributed by atoms with van der Waals surface area (Å²) < 4.78 is 22.7. The van der Waals surface area contributed by atoms with Gasteiger partial charge in [0.1, 0.15) is 0 Å². The summed E-state index contributed by atoms with van der Waals surface area (Å²) in [6, 6.07) is 14.7. The molecule has 0 radical (unpaired) electrons. The summed E-state index contributed by atoms with van der Waals surface area (Å²) in [4.78, 5) is 18.7. The fourth-order valence-corrected chi connectivity index (χ4v) is 4.16. The van der Waals surface area contributed by atoms with Crippen molar-refractivity contribution in [3.8, 4) is 28.0 Å². The van der Waals surface area contributed by atoms with E-state index in [-0.39, 0.29) is 5.91 Å². The first kappa shape index (κ1) is 24.3. The fraction of sp³-hybridized carbons (Fsp3) is 0.269. The predicted octanol–water partition coefficient (Wildman–Crippen LogP) is 5.84. The van der Waals surface area contributed by atoms with E-state index < -0.39 is 0 Å². The van der Waals surface area contributed by atoms with Crippen LogP contribution in [0.25, 0.3) is 10.7 Å². The van der Waals surface area contributed by atoms with Crippen LogP contribution >= 0.6 is 11.3 Å². The molecule has 0 aliphatic carbocycles. The van der Waals surface area contributed by atoms with Gasteiger partial charge in [0.25, 0.3) is 5.91 Å². The molecule has 0 atom stereocenters. The SMILES string of the molecule is CCOc1cc(C(=O)Nc2ccccc2Cc2nc(-c3cccs3)no2)cc(OCC)c1OCC. The third-order valence-corrected chi connectivity index (χ3v) is 5.85.